The molecule has 2 saturated heterocycles. The summed E-state index contributed by atoms with van der Waals surface area (Å²) in [6, 6.07) is 8.45. The minimum absolute atomic E-state index is 0.0159. The Labute approximate surface area is 284 Å². The summed E-state index contributed by atoms with van der Waals surface area (Å²) in [4.78, 5) is 42.0. The summed E-state index contributed by atoms with van der Waals surface area (Å²) >= 11 is 0. The lowest BCUT2D eigenvalue weighted by molar-refractivity contribution is -0.0691. The van der Waals surface area contributed by atoms with Gasteiger partial charge in [-0.1, -0.05) is 13.8 Å². The Morgan fingerprint density at radius 1 is 1.12 bits per heavy atom. The van der Waals surface area contributed by atoms with Crippen LogP contribution in [0.2, 0.25) is 0 Å². The van der Waals surface area contributed by atoms with E-state index in [0.717, 1.165) is 51.4 Å². The van der Waals surface area contributed by atoms with Gasteiger partial charge in [0, 0.05) is 56.2 Å². The maximum atomic E-state index is 13.8. The molecule has 0 saturated carbocycles. The van der Waals surface area contributed by atoms with E-state index in [0.29, 0.717) is 59.4 Å². The summed E-state index contributed by atoms with van der Waals surface area (Å²) in [5, 5.41) is 18.3. The van der Waals surface area contributed by atoms with E-state index in [2.05, 4.69) is 55.5 Å². The molecule has 0 bridgehead atoms. The number of piperazine rings is 1. The summed E-state index contributed by atoms with van der Waals surface area (Å²) in [5.41, 5.74) is 11.4. The molecule has 2 amide bonds. The van der Waals surface area contributed by atoms with Crippen LogP contribution in [0.4, 0.5) is 23.0 Å². The molecule has 3 aliphatic heterocycles. The fourth-order valence-corrected chi connectivity index (χ4v) is 7.86. The highest BCUT2D eigenvalue weighted by Crippen LogP contribution is 2.40. The Hall–Kier alpha value is -4.79. The molecule has 8 rings (SSSR count). The van der Waals surface area contributed by atoms with Crippen molar-refractivity contribution in [2.45, 2.75) is 58.8 Å². The number of hydrogen-bond acceptors (Lipinski definition) is 10. The Bertz CT molecular complexity index is 1930. The van der Waals surface area contributed by atoms with Crippen molar-refractivity contribution < 1.29 is 19.4 Å². The van der Waals surface area contributed by atoms with Crippen molar-refractivity contribution in [3.8, 4) is 5.69 Å². The van der Waals surface area contributed by atoms with E-state index in [1.807, 2.05) is 24.4 Å². The van der Waals surface area contributed by atoms with Crippen molar-refractivity contribution in [2.24, 2.45) is 11.1 Å². The van der Waals surface area contributed by atoms with Crippen LogP contribution in [0.5, 0.6) is 0 Å². The number of fused-ring (bicyclic) bond motifs is 3. The normalized spacial score (nSPS) is 20.7. The van der Waals surface area contributed by atoms with E-state index in [-0.39, 0.29) is 17.0 Å². The first kappa shape index (κ1) is 31.5. The van der Waals surface area contributed by atoms with E-state index in [9.17, 15) is 14.7 Å². The zero-order valence-electron chi connectivity index (χ0n) is 28.1. The van der Waals surface area contributed by atoms with Gasteiger partial charge in [0.05, 0.1) is 55.3 Å². The summed E-state index contributed by atoms with van der Waals surface area (Å²) < 4.78 is 9.00. The van der Waals surface area contributed by atoms with Crippen molar-refractivity contribution in [1.82, 2.24) is 29.2 Å². The fraction of sp³-hybridized carbons (Fsp3) is 0.457. The second kappa shape index (κ2) is 12.0. The van der Waals surface area contributed by atoms with E-state index >= 15 is 0 Å². The number of aliphatic hydroxyl groups is 1. The molecule has 14 heteroatoms. The van der Waals surface area contributed by atoms with Crippen LogP contribution in [0.25, 0.3) is 5.69 Å². The molecule has 4 aromatic heterocycles. The van der Waals surface area contributed by atoms with Gasteiger partial charge < -0.3 is 30.4 Å². The number of rotatable bonds is 8. The van der Waals surface area contributed by atoms with Gasteiger partial charge in [0.2, 0.25) is 0 Å². The maximum Gasteiger partial charge on any atom is 0.276 e. The van der Waals surface area contributed by atoms with Gasteiger partial charge in [-0.05, 0) is 55.0 Å². The van der Waals surface area contributed by atoms with Crippen LogP contribution < -0.4 is 20.9 Å². The molecule has 4 aromatic rings. The number of anilines is 4. The van der Waals surface area contributed by atoms with Gasteiger partial charge in [0.1, 0.15) is 17.3 Å². The number of carbonyl (C=O) groups is 2. The standard InChI is InChI=1S/C35H42N10O4/c1-21-16-41(24-19-49-20-24)8-9-42(21)23-4-5-30(38-15-23)39-26-17-45(40-31(26)32(36)47)27-6-7-37-33(25(27)18-46)44-11-10-43-28(34(44)48)12-22-13-35(2,3)14-29(22)43/h4-7,12,15,17,21,24,46H,8-11,13-14,16,18-20H2,1-3H3,(H2,36,47)(H,38,39)/t21-/m0/s1. The predicted molar refractivity (Wildman–Crippen MR) is 184 cm³/mol. The van der Waals surface area contributed by atoms with Gasteiger partial charge in [-0.2, -0.15) is 5.10 Å². The third-order valence-corrected chi connectivity index (χ3v) is 10.4. The number of nitrogens with one attached hydrogen (secondary N) is 1. The number of nitrogens with two attached hydrogens (primary N) is 1. The second-order valence-electron chi connectivity index (χ2n) is 14.4. The number of pyridine rings is 2. The second-order valence-corrected chi connectivity index (χ2v) is 14.4. The topological polar surface area (TPSA) is 160 Å². The predicted octanol–water partition coefficient (Wildman–Crippen LogP) is 2.49. The first-order valence-corrected chi connectivity index (χ1v) is 16.9. The molecule has 1 aliphatic carbocycles. The smallest absolute Gasteiger partial charge is 0.276 e. The van der Waals surface area contributed by atoms with Crippen LogP contribution in [-0.4, -0.2) is 97.6 Å². The van der Waals surface area contributed by atoms with Crippen molar-refractivity contribution in [2.75, 3.05) is 54.5 Å². The minimum Gasteiger partial charge on any atom is -0.391 e. The number of aliphatic hydroxyl groups excluding tert-OH is 1. The molecule has 1 atom stereocenters. The number of primary amides is 1. The number of hydrogen-bond donors (Lipinski definition) is 3. The lowest BCUT2D eigenvalue weighted by atomic mass is 9.90. The Morgan fingerprint density at radius 3 is 2.65 bits per heavy atom. The van der Waals surface area contributed by atoms with Gasteiger partial charge >= 0.3 is 0 Å². The highest BCUT2D eigenvalue weighted by atomic mass is 16.5. The minimum atomic E-state index is -0.718. The molecule has 2 fully saturated rings. The molecular weight excluding hydrogens is 624 g/mol. The number of nitrogens with zero attached hydrogens (tertiary/aromatic N) is 8. The number of ether oxygens (including phenoxy) is 1. The Balaban J connectivity index is 1.03. The number of aromatic nitrogens is 5. The lowest BCUT2D eigenvalue weighted by Gasteiger charge is -2.46. The van der Waals surface area contributed by atoms with Crippen molar-refractivity contribution in [3.63, 3.8) is 0 Å². The van der Waals surface area contributed by atoms with Gasteiger partial charge in [-0.3, -0.25) is 19.4 Å². The zero-order chi connectivity index (χ0) is 34.0. The average molecular weight is 667 g/mol. The molecule has 0 spiro atoms. The highest BCUT2D eigenvalue weighted by molar-refractivity contribution is 6.06. The van der Waals surface area contributed by atoms with Gasteiger partial charge in [-0.25, -0.2) is 14.6 Å². The highest BCUT2D eigenvalue weighted by Gasteiger charge is 2.38. The Morgan fingerprint density at radius 2 is 1.96 bits per heavy atom. The van der Waals surface area contributed by atoms with Crippen LogP contribution in [0.3, 0.4) is 0 Å². The number of carbonyl (C=O) groups excluding carboxylic acids is 2. The van der Waals surface area contributed by atoms with E-state index in [4.69, 9.17) is 10.5 Å². The van der Waals surface area contributed by atoms with Crippen LogP contribution in [-0.2, 0) is 30.7 Å². The largest absolute Gasteiger partial charge is 0.391 e. The maximum absolute atomic E-state index is 13.8. The SMILES string of the molecule is C[C@H]1CN(C2COC2)CCN1c1ccc(Nc2cn(-c3ccnc(N4CCn5c(cc6c5CC(C)(C)C6)C4=O)c3CO)nc2C(N)=O)nc1. The zero-order valence-corrected chi connectivity index (χ0v) is 28.1. The molecule has 14 nitrogen and oxygen atoms in total. The Kier molecular flexibility index (Phi) is 7.69. The van der Waals surface area contributed by atoms with Crippen molar-refractivity contribution in [3.05, 3.63) is 71.1 Å². The fourth-order valence-electron chi connectivity index (χ4n) is 7.86. The molecule has 4 aliphatic rings. The first-order chi connectivity index (χ1) is 23.6. The van der Waals surface area contributed by atoms with Crippen LogP contribution in [0.15, 0.2) is 42.9 Å². The molecule has 4 N–H and O–H groups in total. The van der Waals surface area contributed by atoms with Crippen molar-refractivity contribution >= 4 is 34.8 Å². The van der Waals surface area contributed by atoms with Gasteiger partial charge in [-0.15, -0.1) is 0 Å². The number of amides is 2. The third-order valence-electron chi connectivity index (χ3n) is 10.4. The van der Waals surface area contributed by atoms with E-state index in [1.165, 1.54) is 15.9 Å². The third kappa shape index (κ3) is 5.53. The summed E-state index contributed by atoms with van der Waals surface area (Å²) in [5.74, 6) is 0.0114. The molecule has 49 heavy (non-hydrogen) atoms. The quantitative estimate of drug-likeness (QED) is 0.255. The van der Waals surface area contributed by atoms with E-state index in [1.54, 1.807) is 23.4 Å². The first-order valence-electron chi connectivity index (χ1n) is 16.9. The van der Waals surface area contributed by atoms with Gasteiger partial charge in [0.15, 0.2) is 5.69 Å². The summed E-state index contributed by atoms with van der Waals surface area (Å²) in [6.07, 6.45) is 6.92. The summed E-state index contributed by atoms with van der Waals surface area (Å²) in [7, 11) is 0. The average Bonchev–Trinajstić information content (AvgIpc) is 3.71. The molecule has 256 valence electrons. The lowest BCUT2D eigenvalue weighted by Crippen LogP contribution is -2.59. The van der Waals surface area contributed by atoms with Crippen LogP contribution in [0.1, 0.15) is 58.6 Å². The van der Waals surface area contributed by atoms with Crippen molar-refractivity contribution in [1.29, 1.82) is 0 Å². The monoisotopic (exact) mass is 666 g/mol. The van der Waals surface area contributed by atoms with Crippen LogP contribution in [0, 0.1) is 5.41 Å². The molecule has 0 unspecified atom stereocenters. The van der Waals surface area contributed by atoms with Gasteiger partial charge in [0.25, 0.3) is 11.8 Å². The van der Waals surface area contributed by atoms with E-state index < -0.39 is 12.5 Å². The summed E-state index contributed by atoms with van der Waals surface area (Å²) in [6.45, 7) is 11.9. The molecule has 7 heterocycles. The molecule has 0 radical (unpaired) electrons. The van der Waals surface area contributed by atoms with Crippen LogP contribution >= 0.6 is 0 Å². The molecule has 0 aromatic carbocycles. The molecular formula is C35H42N10O4.